The Morgan fingerprint density at radius 2 is 2.27 bits per heavy atom. The van der Waals surface area contributed by atoms with E-state index in [2.05, 4.69) is 21.8 Å². The van der Waals surface area contributed by atoms with Gasteiger partial charge in [0.15, 0.2) is 0 Å². The molecule has 22 heavy (non-hydrogen) atoms. The van der Waals surface area contributed by atoms with Gasteiger partial charge in [-0.3, -0.25) is 0 Å². The van der Waals surface area contributed by atoms with Gasteiger partial charge >= 0.3 is 6.03 Å². The number of carbonyl (C=O) groups excluding carboxylic acids is 1. The SMILES string of the molecule is O=C(NCC1CCCO1)N1CCC(n2cc(C3CC3)nn2)C1. The van der Waals surface area contributed by atoms with Crippen LogP contribution in [0.4, 0.5) is 4.79 Å². The molecule has 0 radical (unpaired) electrons. The summed E-state index contributed by atoms with van der Waals surface area (Å²) in [6.07, 6.45) is 7.83. The zero-order chi connectivity index (χ0) is 14.9. The molecular formula is C15H23N5O2. The van der Waals surface area contributed by atoms with Gasteiger partial charge in [-0.25, -0.2) is 9.48 Å². The summed E-state index contributed by atoms with van der Waals surface area (Å²) < 4.78 is 7.48. The molecular weight excluding hydrogens is 282 g/mol. The number of ether oxygens (including phenoxy) is 1. The first-order chi connectivity index (χ1) is 10.8. The van der Waals surface area contributed by atoms with Crippen molar-refractivity contribution in [3.8, 4) is 0 Å². The molecule has 1 aliphatic carbocycles. The fourth-order valence-corrected chi connectivity index (χ4v) is 3.30. The van der Waals surface area contributed by atoms with E-state index in [1.54, 1.807) is 0 Å². The predicted octanol–water partition coefficient (Wildman–Crippen LogP) is 1.29. The van der Waals surface area contributed by atoms with E-state index in [1.165, 1.54) is 12.8 Å². The van der Waals surface area contributed by atoms with E-state index in [1.807, 2.05) is 9.58 Å². The van der Waals surface area contributed by atoms with Crippen molar-refractivity contribution in [1.29, 1.82) is 0 Å². The van der Waals surface area contributed by atoms with E-state index in [0.717, 1.165) is 38.1 Å². The molecule has 2 atom stereocenters. The highest BCUT2D eigenvalue weighted by Crippen LogP contribution is 2.39. The number of aromatic nitrogens is 3. The van der Waals surface area contributed by atoms with Crippen LogP contribution in [0.2, 0.25) is 0 Å². The van der Waals surface area contributed by atoms with Gasteiger partial charge in [0, 0.05) is 38.4 Å². The van der Waals surface area contributed by atoms with Crippen LogP contribution in [-0.4, -0.2) is 58.3 Å². The number of carbonyl (C=O) groups is 1. The minimum absolute atomic E-state index is 0.0144. The van der Waals surface area contributed by atoms with Crippen LogP contribution < -0.4 is 5.32 Å². The first-order valence-electron chi connectivity index (χ1n) is 8.35. The van der Waals surface area contributed by atoms with Gasteiger partial charge in [0.05, 0.1) is 17.8 Å². The number of amides is 2. The van der Waals surface area contributed by atoms with Gasteiger partial charge < -0.3 is 15.0 Å². The summed E-state index contributed by atoms with van der Waals surface area (Å²) in [5, 5.41) is 11.5. The topological polar surface area (TPSA) is 72.3 Å². The normalized spacial score (nSPS) is 28.3. The highest BCUT2D eigenvalue weighted by Gasteiger charge is 2.31. The Bertz CT molecular complexity index is 536. The van der Waals surface area contributed by atoms with E-state index in [4.69, 9.17) is 4.74 Å². The minimum Gasteiger partial charge on any atom is -0.376 e. The van der Waals surface area contributed by atoms with E-state index < -0.39 is 0 Å². The van der Waals surface area contributed by atoms with Crippen LogP contribution in [-0.2, 0) is 4.74 Å². The third-order valence-corrected chi connectivity index (χ3v) is 4.85. The first kappa shape index (κ1) is 14.0. The van der Waals surface area contributed by atoms with E-state index >= 15 is 0 Å². The van der Waals surface area contributed by atoms with Crippen molar-refractivity contribution in [3.05, 3.63) is 11.9 Å². The van der Waals surface area contributed by atoms with Crippen LogP contribution in [0.1, 0.15) is 49.8 Å². The van der Waals surface area contributed by atoms with Gasteiger partial charge in [0.2, 0.25) is 0 Å². The van der Waals surface area contributed by atoms with Crippen LogP contribution in [0.15, 0.2) is 6.20 Å². The number of likely N-dealkylation sites (tertiary alicyclic amines) is 1. The summed E-state index contributed by atoms with van der Waals surface area (Å²) in [4.78, 5) is 14.1. The van der Waals surface area contributed by atoms with E-state index in [0.29, 0.717) is 19.0 Å². The molecule has 1 N–H and O–H groups in total. The molecule has 3 fully saturated rings. The maximum Gasteiger partial charge on any atom is 0.317 e. The smallest absolute Gasteiger partial charge is 0.317 e. The van der Waals surface area contributed by atoms with Crippen LogP contribution in [0.5, 0.6) is 0 Å². The third-order valence-electron chi connectivity index (χ3n) is 4.85. The van der Waals surface area contributed by atoms with Crippen molar-refractivity contribution in [1.82, 2.24) is 25.2 Å². The second-order valence-corrected chi connectivity index (χ2v) is 6.61. The zero-order valence-electron chi connectivity index (χ0n) is 12.8. The fourth-order valence-electron chi connectivity index (χ4n) is 3.30. The number of rotatable bonds is 4. The van der Waals surface area contributed by atoms with Gasteiger partial charge in [-0.1, -0.05) is 5.21 Å². The maximum atomic E-state index is 12.2. The van der Waals surface area contributed by atoms with Crippen LogP contribution in [0.25, 0.3) is 0 Å². The van der Waals surface area contributed by atoms with Crippen molar-refractivity contribution in [2.75, 3.05) is 26.2 Å². The van der Waals surface area contributed by atoms with Gasteiger partial charge in [-0.2, -0.15) is 0 Å². The van der Waals surface area contributed by atoms with E-state index in [-0.39, 0.29) is 18.2 Å². The number of nitrogens with one attached hydrogen (secondary N) is 1. The minimum atomic E-state index is 0.0144. The second kappa shape index (κ2) is 5.87. The largest absolute Gasteiger partial charge is 0.376 e. The quantitative estimate of drug-likeness (QED) is 0.910. The highest BCUT2D eigenvalue weighted by molar-refractivity contribution is 5.74. The van der Waals surface area contributed by atoms with Gasteiger partial charge in [-0.15, -0.1) is 5.10 Å². The number of hydrogen-bond donors (Lipinski definition) is 1. The zero-order valence-corrected chi connectivity index (χ0v) is 12.8. The number of urea groups is 1. The molecule has 120 valence electrons. The molecule has 0 aromatic carbocycles. The third kappa shape index (κ3) is 2.95. The molecule has 1 aromatic heterocycles. The summed E-state index contributed by atoms with van der Waals surface area (Å²) in [5.41, 5.74) is 1.11. The van der Waals surface area contributed by atoms with Crippen molar-refractivity contribution in [2.45, 2.75) is 50.2 Å². The average molecular weight is 305 g/mol. The molecule has 2 saturated heterocycles. The van der Waals surface area contributed by atoms with E-state index in [9.17, 15) is 4.79 Å². The summed E-state index contributed by atoms with van der Waals surface area (Å²) in [5.74, 6) is 0.626. The molecule has 2 unspecified atom stereocenters. The van der Waals surface area contributed by atoms with Crippen LogP contribution >= 0.6 is 0 Å². The Kier molecular flexibility index (Phi) is 3.73. The molecule has 1 aromatic rings. The summed E-state index contributed by atoms with van der Waals surface area (Å²) in [7, 11) is 0. The molecule has 0 bridgehead atoms. The van der Waals surface area contributed by atoms with Crippen molar-refractivity contribution < 1.29 is 9.53 Å². The molecule has 2 aliphatic heterocycles. The highest BCUT2D eigenvalue weighted by atomic mass is 16.5. The number of nitrogens with zero attached hydrogens (tertiary/aromatic N) is 4. The Labute approximate surface area is 130 Å². The molecule has 7 nitrogen and oxygen atoms in total. The molecule has 3 aliphatic rings. The molecule has 2 amide bonds. The Morgan fingerprint density at radius 3 is 3.05 bits per heavy atom. The molecule has 1 saturated carbocycles. The maximum absolute atomic E-state index is 12.2. The average Bonchev–Trinajstić information content (AvgIpc) is 3.02. The van der Waals surface area contributed by atoms with Gasteiger partial charge in [0.25, 0.3) is 0 Å². The van der Waals surface area contributed by atoms with Gasteiger partial charge in [0.1, 0.15) is 0 Å². The van der Waals surface area contributed by atoms with Crippen molar-refractivity contribution in [2.24, 2.45) is 0 Å². The summed E-state index contributed by atoms with van der Waals surface area (Å²) >= 11 is 0. The lowest BCUT2D eigenvalue weighted by Crippen LogP contribution is -2.41. The monoisotopic (exact) mass is 305 g/mol. The van der Waals surface area contributed by atoms with Gasteiger partial charge in [-0.05, 0) is 32.1 Å². The summed E-state index contributed by atoms with van der Waals surface area (Å²) in [6, 6.07) is 0.272. The Balaban J connectivity index is 1.28. The lowest BCUT2D eigenvalue weighted by molar-refractivity contribution is 0.109. The molecule has 3 heterocycles. The lowest BCUT2D eigenvalue weighted by Gasteiger charge is -2.19. The lowest BCUT2D eigenvalue weighted by atomic mass is 10.2. The van der Waals surface area contributed by atoms with Crippen molar-refractivity contribution >= 4 is 6.03 Å². The summed E-state index contributed by atoms with van der Waals surface area (Å²) in [6.45, 7) is 2.93. The predicted molar refractivity (Wildman–Crippen MR) is 79.6 cm³/mol. The first-order valence-corrected chi connectivity index (χ1v) is 8.35. The van der Waals surface area contributed by atoms with Crippen LogP contribution in [0.3, 0.4) is 0 Å². The van der Waals surface area contributed by atoms with Crippen LogP contribution in [0, 0.1) is 0 Å². The molecule has 0 spiro atoms. The Morgan fingerprint density at radius 1 is 1.36 bits per heavy atom. The molecule has 7 heteroatoms. The molecule has 4 rings (SSSR count). The second-order valence-electron chi connectivity index (χ2n) is 6.61. The fraction of sp³-hybridized carbons (Fsp3) is 0.800. The van der Waals surface area contributed by atoms with Crippen molar-refractivity contribution in [3.63, 3.8) is 0 Å². The standard InChI is InChI=1S/C15H23N5O2/c21-15(16-8-13-2-1-7-22-13)19-6-5-12(9-19)20-10-14(17-18-20)11-3-4-11/h10-13H,1-9H2,(H,16,21). The number of hydrogen-bond acceptors (Lipinski definition) is 4. The Hall–Kier alpha value is -1.63.